The van der Waals surface area contributed by atoms with Crippen LogP contribution in [0.5, 0.6) is 11.6 Å². The zero-order chi connectivity index (χ0) is 30.6. The SMILES string of the molecule is CN1C=CN(c2[c-]c(N(c3[c-]c(Oc4ccccn4)c4oc5ccccc5c4c3)c3ccccc3)c3c(c2)oc2ccccc23)[CH-]1.[Pt]. The second-order valence-corrected chi connectivity index (χ2v) is 11.1. The van der Waals surface area contributed by atoms with Crippen molar-refractivity contribution >= 4 is 66.6 Å². The van der Waals surface area contributed by atoms with Gasteiger partial charge in [0.15, 0.2) is 0 Å². The number of anilines is 4. The van der Waals surface area contributed by atoms with E-state index in [-0.39, 0.29) is 21.1 Å². The third-order valence-electron chi connectivity index (χ3n) is 8.11. The Morgan fingerprint density at radius 1 is 0.745 bits per heavy atom. The standard InChI is InChI=1S/C39H25N4O3.Pt/c1-41-19-20-42(25-41)27-22-32(38-30-14-6-8-16-34(30)44-35(38)23-27)43(26-11-3-2-4-12-26)28-21-31-29-13-5-7-15-33(29)46-39(31)36(24-28)45-37-17-9-10-18-40-37;/h2-21,23,25H,1H3;/q-3;. The topological polar surface area (TPSA) is 58.1 Å². The van der Waals surface area contributed by atoms with Crippen molar-refractivity contribution in [3.05, 3.63) is 147 Å². The second-order valence-electron chi connectivity index (χ2n) is 11.1. The summed E-state index contributed by atoms with van der Waals surface area (Å²) in [5.41, 5.74) is 6.23. The summed E-state index contributed by atoms with van der Waals surface area (Å²) in [6, 6.07) is 43.4. The first-order chi connectivity index (χ1) is 22.7. The molecule has 9 rings (SSSR count). The first kappa shape index (κ1) is 28.9. The minimum Gasteiger partial charge on any atom is -0.512 e. The first-order valence-corrected chi connectivity index (χ1v) is 14.9. The minimum atomic E-state index is 0. The normalized spacial score (nSPS) is 12.8. The maximum Gasteiger partial charge on any atom is 0.216 e. The van der Waals surface area contributed by atoms with E-state index in [1.54, 1.807) is 6.20 Å². The van der Waals surface area contributed by atoms with Crippen LogP contribution in [0.2, 0.25) is 0 Å². The van der Waals surface area contributed by atoms with Crippen LogP contribution in [-0.4, -0.2) is 16.9 Å². The average Bonchev–Trinajstić information content (AvgIpc) is 3.81. The molecule has 0 aliphatic carbocycles. The number of furan rings is 2. The summed E-state index contributed by atoms with van der Waals surface area (Å²) in [5.74, 6) is 0.881. The maximum atomic E-state index is 6.48. The van der Waals surface area contributed by atoms with Crippen LogP contribution < -0.4 is 14.5 Å². The number of fused-ring (bicyclic) bond motifs is 6. The van der Waals surface area contributed by atoms with Crippen LogP contribution >= 0.6 is 0 Å². The molecule has 0 N–H and O–H groups in total. The van der Waals surface area contributed by atoms with Gasteiger partial charge < -0.3 is 28.3 Å². The Kier molecular flexibility index (Phi) is 7.19. The van der Waals surface area contributed by atoms with Crippen molar-refractivity contribution in [2.24, 2.45) is 0 Å². The van der Waals surface area contributed by atoms with E-state index in [9.17, 15) is 0 Å². The van der Waals surface area contributed by atoms with Crippen molar-refractivity contribution in [3.63, 3.8) is 0 Å². The molecule has 0 fully saturated rings. The third kappa shape index (κ3) is 5.00. The molecule has 47 heavy (non-hydrogen) atoms. The number of nitrogens with zero attached hydrogens (tertiary/aromatic N) is 4. The minimum absolute atomic E-state index is 0. The molecule has 1 aliphatic rings. The predicted molar refractivity (Wildman–Crippen MR) is 181 cm³/mol. The van der Waals surface area contributed by atoms with Crippen LogP contribution in [0.4, 0.5) is 22.7 Å². The van der Waals surface area contributed by atoms with E-state index in [4.69, 9.17) is 13.6 Å². The molecule has 0 saturated carbocycles. The van der Waals surface area contributed by atoms with Crippen LogP contribution in [0, 0.1) is 18.8 Å². The van der Waals surface area contributed by atoms with E-state index in [0.717, 1.165) is 61.0 Å². The molecule has 0 amide bonds. The molecule has 0 atom stereocenters. The van der Waals surface area contributed by atoms with Crippen LogP contribution in [-0.2, 0) is 21.1 Å². The molecule has 3 aromatic heterocycles. The Bertz CT molecular complexity index is 2420. The number of hydrogen-bond donors (Lipinski definition) is 0. The van der Waals surface area contributed by atoms with Gasteiger partial charge in [0.05, 0.1) is 11.3 Å². The molecule has 0 spiro atoms. The fourth-order valence-corrected chi connectivity index (χ4v) is 6.05. The molecule has 0 radical (unpaired) electrons. The van der Waals surface area contributed by atoms with Gasteiger partial charge in [-0.25, -0.2) is 4.98 Å². The molecular weight excluding hydrogens is 768 g/mol. The summed E-state index contributed by atoms with van der Waals surface area (Å²) in [7, 11) is 2.00. The van der Waals surface area contributed by atoms with Crippen LogP contribution in [0.1, 0.15) is 0 Å². The molecule has 4 heterocycles. The van der Waals surface area contributed by atoms with Crippen molar-refractivity contribution < 1.29 is 34.6 Å². The summed E-state index contributed by atoms with van der Waals surface area (Å²) in [5, 5.41) is 3.81. The van der Waals surface area contributed by atoms with Crippen molar-refractivity contribution in [1.29, 1.82) is 0 Å². The Hall–Kier alpha value is -5.52. The van der Waals surface area contributed by atoms with Crippen molar-refractivity contribution in [2.45, 2.75) is 0 Å². The molecule has 1 aliphatic heterocycles. The molecule has 8 aromatic rings. The Morgan fingerprint density at radius 2 is 1.49 bits per heavy atom. The van der Waals surface area contributed by atoms with Crippen molar-refractivity contribution in [3.8, 4) is 11.6 Å². The van der Waals surface area contributed by atoms with E-state index in [1.807, 2.05) is 115 Å². The zero-order valence-corrected chi connectivity index (χ0v) is 27.3. The quantitative estimate of drug-likeness (QED) is 0.156. The van der Waals surface area contributed by atoms with Gasteiger partial charge in [0.1, 0.15) is 11.2 Å². The van der Waals surface area contributed by atoms with Gasteiger partial charge in [0, 0.05) is 50.0 Å². The monoisotopic (exact) mass is 792 g/mol. The van der Waals surface area contributed by atoms with E-state index >= 15 is 0 Å². The van der Waals surface area contributed by atoms with Crippen molar-refractivity contribution in [2.75, 3.05) is 16.8 Å². The molecule has 0 unspecified atom stereocenters. The molecule has 0 bridgehead atoms. The Morgan fingerprint density at radius 3 is 2.26 bits per heavy atom. The summed E-state index contributed by atoms with van der Waals surface area (Å²) in [6.45, 7) is 2.01. The van der Waals surface area contributed by atoms with Crippen LogP contribution in [0.15, 0.2) is 137 Å². The van der Waals surface area contributed by atoms with E-state index in [0.29, 0.717) is 17.2 Å². The fourth-order valence-electron chi connectivity index (χ4n) is 6.05. The number of ether oxygens (including phenoxy) is 1. The van der Waals surface area contributed by atoms with Gasteiger partial charge in [-0.05, 0) is 55.2 Å². The number of benzene rings is 5. The number of pyridine rings is 1. The van der Waals surface area contributed by atoms with Gasteiger partial charge in [-0.2, -0.15) is 6.67 Å². The summed E-state index contributed by atoms with van der Waals surface area (Å²) in [4.78, 5) is 10.6. The second kappa shape index (κ2) is 11.7. The Balaban J connectivity index is 0.00000324. The van der Waals surface area contributed by atoms with Gasteiger partial charge in [-0.15, -0.1) is 24.3 Å². The van der Waals surface area contributed by atoms with Gasteiger partial charge in [0.2, 0.25) is 5.88 Å². The molecule has 0 saturated heterocycles. The largest absolute Gasteiger partial charge is 0.512 e. The summed E-state index contributed by atoms with van der Waals surface area (Å²) in [6.07, 6.45) is 5.71. The molecule has 8 heteroatoms. The molecule has 5 aromatic carbocycles. The van der Waals surface area contributed by atoms with Crippen molar-refractivity contribution in [1.82, 2.24) is 9.88 Å². The molecular formula is C39H25N4O3Pt-3. The van der Waals surface area contributed by atoms with Gasteiger partial charge in [-0.1, -0.05) is 88.5 Å². The smallest absolute Gasteiger partial charge is 0.216 e. The van der Waals surface area contributed by atoms with Crippen LogP contribution in [0.3, 0.4) is 0 Å². The number of hydrogen-bond acceptors (Lipinski definition) is 7. The summed E-state index contributed by atoms with van der Waals surface area (Å²) < 4.78 is 19.2. The van der Waals surface area contributed by atoms with Gasteiger partial charge in [0.25, 0.3) is 0 Å². The maximum absolute atomic E-state index is 6.48. The summed E-state index contributed by atoms with van der Waals surface area (Å²) >= 11 is 0. The Labute approximate surface area is 285 Å². The van der Waals surface area contributed by atoms with E-state index in [2.05, 4.69) is 52.3 Å². The van der Waals surface area contributed by atoms with E-state index in [1.165, 1.54) is 0 Å². The van der Waals surface area contributed by atoms with Gasteiger partial charge >= 0.3 is 0 Å². The van der Waals surface area contributed by atoms with E-state index < -0.39 is 0 Å². The van der Waals surface area contributed by atoms with Gasteiger partial charge in [-0.3, -0.25) is 0 Å². The number of para-hydroxylation sites is 3. The first-order valence-electron chi connectivity index (χ1n) is 14.9. The third-order valence-corrected chi connectivity index (χ3v) is 8.11. The molecule has 232 valence electrons. The predicted octanol–water partition coefficient (Wildman–Crippen LogP) is 10.1. The van der Waals surface area contributed by atoms with Crippen LogP contribution in [0.25, 0.3) is 43.9 Å². The molecule has 7 nitrogen and oxygen atoms in total. The number of rotatable bonds is 6. The fraction of sp³-hybridized carbons (Fsp3) is 0.0256. The average molecular weight is 793 g/mol. The number of aromatic nitrogens is 1. The zero-order valence-electron chi connectivity index (χ0n) is 25.0.